The highest BCUT2D eigenvalue weighted by atomic mass is 19.2. The molecule has 0 spiro atoms. The van der Waals surface area contributed by atoms with Crippen molar-refractivity contribution in [3.63, 3.8) is 0 Å². The van der Waals surface area contributed by atoms with E-state index in [1.54, 1.807) is 14.1 Å². The second-order valence-electron chi connectivity index (χ2n) is 5.94. The monoisotopic (exact) mass is 361 g/mol. The van der Waals surface area contributed by atoms with E-state index in [1.807, 2.05) is 0 Å². The zero-order valence-corrected chi connectivity index (χ0v) is 14.2. The molecule has 2 heterocycles. The predicted octanol–water partition coefficient (Wildman–Crippen LogP) is 1.50. The smallest absolute Gasteiger partial charge is 0.271 e. The number of hydrogen-bond acceptors (Lipinski definition) is 5. The molecule has 9 heteroatoms. The fourth-order valence-corrected chi connectivity index (χ4v) is 2.97. The topological polar surface area (TPSA) is 87.2 Å². The molecule has 1 saturated heterocycles. The molecule has 136 valence electrons. The molecular weight excluding hydrogens is 344 g/mol. The minimum absolute atomic E-state index is 0.0495. The number of rotatable bonds is 4. The molecule has 7 nitrogen and oxygen atoms in total. The predicted molar refractivity (Wildman–Crippen MR) is 89.3 cm³/mol. The Morgan fingerprint density at radius 2 is 2.00 bits per heavy atom. The van der Waals surface area contributed by atoms with Gasteiger partial charge in [0.2, 0.25) is 5.91 Å². The summed E-state index contributed by atoms with van der Waals surface area (Å²) >= 11 is 0. The highest BCUT2D eigenvalue weighted by Gasteiger charge is 2.39. The van der Waals surface area contributed by atoms with E-state index in [0.29, 0.717) is 11.4 Å². The maximum Gasteiger partial charge on any atom is 0.271 e. The van der Waals surface area contributed by atoms with Gasteiger partial charge < -0.3 is 15.5 Å². The van der Waals surface area contributed by atoms with Crippen LogP contribution in [0, 0.1) is 11.6 Å². The van der Waals surface area contributed by atoms with Crippen LogP contribution in [0.1, 0.15) is 28.5 Å². The first-order valence-corrected chi connectivity index (χ1v) is 7.92. The van der Waals surface area contributed by atoms with Crippen LogP contribution in [-0.2, 0) is 4.79 Å². The summed E-state index contributed by atoms with van der Waals surface area (Å²) in [7, 11) is 3.23. The first-order valence-electron chi connectivity index (χ1n) is 7.92. The van der Waals surface area contributed by atoms with Crippen LogP contribution in [0.5, 0.6) is 0 Å². The van der Waals surface area contributed by atoms with E-state index in [0.717, 1.165) is 12.1 Å². The molecule has 1 aliphatic heterocycles. The SMILES string of the molecule is CNc1cnc(C(=O)N[C@@H]2CC(=O)N(C)[C@H]2c2ccc(F)c(F)c2)cn1. The van der Waals surface area contributed by atoms with Crippen LogP contribution in [0.15, 0.2) is 30.6 Å². The average Bonchev–Trinajstić information content (AvgIpc) is 2.91. The van der Waals surface area contributed by atoms with Crippen molar-refractivity contribution in [1.29, 1.82) is 0 Å². The van der Waals surface area contributed by atoms with Crippen LogP contribution in [-0.4, -0.2) is 46.8 Å². The number of likely N-dealkylation sites (tertiary alicyclic amines) is 1. The number of anilines is 1. The van der Waals surface area contributed by atoms with E-state index in [9.17, 15) is 18.4 Å². The van der Waals surface area contributed by atoms with Crippen molar-refractivity contribution in [3.05, 3.63) is 53.5 Å². The normalized spacial score (nSPS) is 19.5. The van der Waals surface area contributed by atoms with E-state index in [4.69, 9.17) is 0 Å². The van der Waals surface area contributed by atoms with Gasteiger partial charge in [0.05, 0.1) is 24.5 Å². The van der Waals surface area contributed by atoms with Gasteiger partial charge in [-0.05, 0) is 17.7 Å². The maximum absolute atomic E-state index is 13.6. The quantitative estimate of drug-likeness (QED) is 0.862. The van der Waals surface area contributed by atoms with Crippen molar-refractivity contribution in [3.8, 4) is 0 Å². The molecule has 1 aromatic carbocycles. The molecular formula is C17H17F2N5O2. The van der Waals surface area contributed by atoms with Crippen LogP contribution in [0.2, 0.25) is 0 Å². The minimum Gasteiger partial charge on any atom is -0.372 e. The Balaban J connectivity index is 1.83. The zero-order chi connectivity index (χ0) is 18.8. The molecule has 0 unspecified atom stereocenters. The van der Waals surface area contributed by atoms with Crippen LogP contribution in [0.3, 0.4) is 0 Å². The zero-order valence-electron chi connectivity index (χ0n) is 14.2. The molecule has 0 bridgehead atoms. The van der Waals surface area contributed by atoms with E-state index in [-0.39, 0.29) is 18.0 Å². The number of carbonyl (C=O) groups is 2. The highest BCUT2D eigenvalue weighted by molar-refractivity contribution is 5.93. The van der Waals surface area contributed by atoms with Crippen LogP contribution >= 0.6 is 0 Å². The summed E-state index contributed by atoms with van der Waals surface area (Å²) in [5.41, 5.74) is 0.495. The van der Waals surface area contributed by atoms with Gasteiger partial charge in [0, 0.05) is 20.5 Å². The highest BCUT2D eigenvalue weighted by Crippen LogP contribution is 2.32. The second-order valence-corrected chi connectivity index (χ2v) is 5.94. The van der Waals surface area contributed by atoms with Gasteiger partial charge in [-0.2, -0.15) is 0 Å². The summed E-state index contributed by atoms with van der Waals surface area (Å²) in [4.78, 5) is 33.9. The first-order chi connectivity index (χ1) is 12.4. The van der Waals surface area contributed by atoms with E-state index in [1.165, 1.54) is 23.4 Å². The molecule has 3 rings (SSSR count). The number of benzene rings is 1. The Kier molecular flexibility index (Phi) is 4.79. The molecule has 0 radical (unpaired) electrons. The number of aromatic nitrogens is 2. The van der Waals surface area contributed by atoms with Crippen LogP contribution in [0.4, 0.5) is 14.6 Å². The number of likely N-dealkylation sites (N-methyl/N-ethyl adjacent to an activating group) is 1. The van der Waals surface area contributed by atoms with Gasteiger partial charge in [-0.15, -0.1) is 0 Å². The van der Waals surface area contributed by atoms with Gasteiger partial charge in [0.25, 0.3) is 5.91 Å². The lowest BCUT2D eigenvalue weighted by atomic mass is 9.99. The molecule has 26 heavy (non-hydrogen) atoms. The molecule has 0 aliphatic carbocycles. The molecule has 2 amide bonds. The summed E-state index contributed by atoms with van der Waals surface area (Å²) in [6, 6.07) is 2.23. The largest absolute Gasteiger partial charge is 0.372 e. The number of nitrogens with zero attached hydrogens (tertiary/aromatic N) is 3. The molecule has 0 saturated carbocycles. The number of halogens is 2. The number of amides is 2. The Morgan fingerprint density at radius 3 is 2.62 bits per heavy atom. The number of nitrogens with one attached hydrogen (secondary N) is 2. The summed E-state index contributed by atoms with van der Waals surface area (Å²) in [5.74, 6) is -2.17. The fourth-order valence-electron chi connectivity index (χ4n) is 2.97. The standard InChI is InChI=1S/C17H17F2N5O2/c1-20-14-8-21-13(7-22-14)17(26)23-12-6-15(25)24(2)16(12)9-3-4-10(18)11(19)5-9/h3-5,7-8,12,16H,6H2,1-2H3,(H,20,22)(H,23,26)/t12-,16+/m1/s1. The van der Waals surface area contributed by atoms with Gasteiger partial charge in [0.1, 0.15) is 11.5 Å². The Morgan fingerprint density at radius 1 is 1.23 bits per heavy atom. The summed E-state index contributed by atoms with van der Waals surface area (Å²) in [6.45, 7) is 0. The summed E-state index contributed by atoms with van der Waals surface area (Å²) < 4.78 is 26.8. The van der Waals surface area contributed by atoms with Crippen molar-refractivity contribution in [2.75, 3.05) is 19.4 Å². The van der Waals surface area contributed by atoms with Gasteiger partial charge in [0.15, 0.2) is 11.6 Å². The third kappa shape index (κ3) is 3.32. The van der Waals surface area contributed by atoms with Crippen molar-refractivity contribution in [1.82, 2.24) is 20.2 Å². The van der Waals surface area contributed by atoms with E-state index < -0.39 is 29.6 Å². The first kappa shape index (κ1) is 17.7. The average molecular weight is 361 g/mol. The number of hydrogen-bond donors (Lipinski definition) is 2. The third-order valence-corrected chi connectivity index (χ3v) is 4.33. The van der Waals surface area contributed by atoms with Gasteiger partial charge >= 0.3 is 0 Å². The molecule has 1 aromatic heterocycles. The Labute approximate surface area is 148 Å². The number of carbonyl (C=O) groups excluding carboxylic acids is 2. The molecule has 1 fully saturated rings. The second kappa shape index (κ2) is 7.03. The van der Waals surface area contributed by atoms with Gasteiger partial charge in [-0.1, -0.05) is 6.07 Å². The van der Waals surface area contributed by atoms with E-state index in [2.05, 4.69) is 20.6 Å². The lowest BCUT2D eigenvalue weighted by Gasteiger charge is -2.26. The Hall–Kier alpha value is -3.10. The van der Waals surface area contributed by atoms with Gasteiger partial charge in [-0.25, -0.2) is 18.7 Å². The summed E-state index contributed by atoms with van der Waals surface area (Å²) in [5, 5.41) is 5.53. The maximum atomic E-state index is 13.6. The van der Waals surface area contributed by atoms with Crippen molar-refractivity contribution < 1.29 is 18.4 Å². The van der Waals surface area contributed by atoms with Gasteiger partial charge in [-0.3, -0.25) is 9.59 Å². The molecule has 2 N–H and O–H groups in total. The minimum atomic E-state index is -1.01. The van der Waals surface area contributed by atoms with E-state index >= 15 is 0 Å². The van der Waals surface area contributed by atoms with Crippen molar-refractivity contribution >= 4 is 17.6 Å². The molecule has 2 aromatic rings. The van der Waals surface area contributed by atoms with Crippen molar-refractivity contribution in [2.24, 2.45) is 0 Å². The van der Waals surface area contributed by atoms with Crippen LogP contribution in [0.25, 0.3) is 0 Å². The Bertz CT molecular complexity index is 844. The van der Waals surface area contributed by atoms with Crippen molar-refractivity contribution in [2.45, 2.75) is 18.5 Å². The lowest BCUT2D eigenvalue weighted by molar-refractivity contribution is -0.127. The molecule has 1 aliphatic rings. The van der Waals surface area contributed by atoms with Crippen LogP contribution < -0.4 is 10.6 Å². The molecule has 2 atom stereocenters. The lowest BCUT2D eigenvalue weighted by Crippen LogP contribution is -2.39. The summed E-state index contributed by atoms with van der Waals surface area (Å²) in [6.07, 6.45) is 2.77. The third-order valence-electron chi connectivity index (χ3n) is 4.33. The fraction of sp³-hybridized carbons (Fsp3) is 0.294.